The Hall–Kier alpha value is -0.660. The van der Waals surface area contributed by atoms with Crippen molar-refractivity contribution in [2.24, 2.45) is 0 Å². The summed E-state index contributed by atoms with van der Waals surface area (Å²) in [6, 6.07) is 3.73. The van der Waals surface area contributed by atoms with Gasteiger partial charge in [-0.15, -0.1) is 0 Å². The van der Waals surface area contributed by atoms with Crippen LogP contribution in [0.25, 0.3) is 0 Å². The highest BCUT2D eigenvalue weighted by Gasteiger charge is 2.10. The van der Waals surface area contributed by atoms with Gasteiger partial charge in [-0.1, -0.05) is 6.92 Å². The molecular formula is C9H12BrFN2O2S. The highest BCUT2D eigenvalue weighted by atomic mass is 79.9. The smallest absolute Gasteiger partial charge is 0.270 e. The second kappa shape index (κ2) is 5.60. The number of nitrogens with one attached hydrogen (secondary N) is 2. The van der Waals surface area contributed by atoms with E-state index >= 15 is 0 Å². The summed E-state index contributed by atoms with van der Waals surface area (Å²) in [5.41, 5.74) is 0.296. The molecular weight excluding hydrogens is 299 g/mol. The van der Waals surface area contributed by atoms with E-state index in [9.17, 15) is 12.8 Å². The fourth-order valence-corrected chi connectivity index (χ4v) is 2.58. The summed E-state index contributed by atoms with van der Waals surface area (Å²) in [6.45, 7) is 2.21. The normalized spacial score (nSPS) is 11.4. The topological polar surface area (TPSA) is 58.2 Å². The summed E-state index contributed by atoms with van der Waals surface area (Å²) in [5.74, 6) is -0.434. The molecule has 2 N–H and O–H groups in total. The summed E-state index contributed by atoms with van der Waals surface area (Å²) in [4.78, 5) is 0. The highest BCUT2D eigenvalue weighted by Crippen LogP contribution is 2.23. The molecule has 0 spiro atoms. The standard InChI is InChI=1S/C9H12BrFN2O2S/c1-2-5-12-16(14,15)13-9-4-3-7(11)6-8(9)10/h3-4,6,12-13H,2,5H2,1H3. The van der Waals surface area contributed by atoms with Crippen LogP contribution in [0.4, 0.5) is 10.1 Å². The van der Waals surface area contributed by atoms with Crippen LogP contribution >= 0.6 is 15.9 Å². The summed E-state index contributed by atoms with van der Waals surface area (Å²) < 4.78 is 40.7. The molecule has 0 radical (unpaired) electrons. The van der Waals surface area contributed by atoms with Gasteiger partial charge in [-0.2, -0.15) is 13.1 Å². The van der Waals surface area contributed by atoms with Gasteiger partial charge in [0.1, 0.15) is 5.82 Å². The molecule has 0 saturated carbocycles. The van der Waals surface area contributed by atoms with Crippen LogP contribution in [0.5, 0.6) is 0 Å². The Kier molecular flexibility index (Phi) is 4.69. The molecule has 0 amide bonds. The number of halogens is 2. The van der Waals surface area contributed by atoms with Gasteiger partial charge in [0.15, 0.2) is 0 Å². The number of hydrogen-bond acceptors (Lipinski definition) is 2. The van der Waals surface area contributed by atoms with Crippen molar-refractivity contribution in [3.05, 3.63) is 28.5 Å². The van der Waals surface area contributed by atoms with Gasteiger partial charge in [0, 0.05) is 11.0 Å². The SMILES string of the molecule is CCCNS(=O)(=O)Nc1ccc(F)cc1Br. The molecule has 0 atom stereocenters. The van der Waals surface area contributed by atoms with Crippen LogP contribution in [0.1, 0.15) is 13.3 Å². The van der Waals surface area contributed by atoms with Crippen LogP contribution in [0.2, 0.25) is 0 Å². The first kappa shape index (κ1) is 13.4. The zero-order chi connectivity index (χ0) is 12.2. The Labute approximate surface area is 103 Å². The first-order chi connectivity index (χ1) is 7.44. The third-order valence-electron chi connectivity index (χ3n) is 1.72. The van der Waals surface area contributed by atoms with E-state index in [4.69, 9.17) is 0 Å². The highest BCUT2D eigenvalue weighted by molar-refractivity contribution is 9.10. The number of anilines is 1. The lowest BCUT2D eigenvalue weighted by Gasteiger charge is -2.09. The predicted molar refractivity (Wildman–Crippen MR) is 64.9 cm³/mol. The van der Waals surface area contributed by atoms with Crippen LogP contribution in [0, 0.1) is 5.82 Å². The maximum atomic E-state index is 12.8. The average Bonchev–Trinajstić information content (AvgIpc) is 2.19. The van der Waals surface area contributed by atoms with Crippen LogP contribution < -0.4 is 9.44 Å². The van der Waals surface area contributed by atoms with Gasteiger partial charge < -0.3 is 0 Å². The number of rotatable bonds is 5. The molecule has 0 aromatic heterocycles. The van der Waals surface area contributed by atoms with E-state index in [0.717, 1.165) is 0 Å². The van der Waals surface area contributed by atoms with Crippen molar-refractivity contribution in [3.8, 4) is 0 Å². The van der Waals surface area contributed by atoms with Crippen molar-refractivity contribution < 1.29 is 12.8 Å². The molecule has 0 unspecified atom stereocenters. The van der Waals surface area contributed by atoms with E-state index in [2.05, 4.69) is 25.4 Å². The molecule has 0 heterocycles. The monoisotopic (exact) mass is 310 g/mol. The van der Waals surface area contributed by atoms with Crippen molar-refractivity contribution >= 4 is 31.8 Å². The molecule has 0 aliphatic carbocycles. The van der Waals surface area contributed by atoms with Crippen molar-refractivity contribution in [2.75, 3.05) is 11.3 Å². The van der Waals surface area contributed by atoms with Crippen molar-refractivity contribution in [1.29, 1.82) is 0 Å². The van der Waals surface area contributed by atoms with Gasteiger partial charge in [0.2, 0.25) is 0 Å². The van der Waals surface area contributed by atoms with E-state index in [0.29, 0.717) is 23.1 Å². The molecule has 4 nitrogen and oxygen atoms in total. The second-order valence-corrected chi connectivity index (χ2v) is 5.48. The molecule has 90 valence electrons. The van der Waals surface area contributed by atoms with Crippen molar-refractivity contribution in [2.45, 2.75) is 13.3 Å². The Balaban J connectivity index is 2.80. The van der Waals surface area contributed by atoms with Crippen molar-refractivity contribution in [1.82, 2.24) is 4.72 Å². The molecule has 0 aliphatic heterocycles. The quantitative estimate of drug-likeness (QED) is 0.876. The molecule has 16 heavy (non-hydrogen) atoms. The second-order valence-electron chi connectivity index (χ2n) is 3.12. The minimum atomic E-state index is -3.58. The molecule has 1 aromatic rings. The molecule has 0 saturated heterocycles. The van der Waals surface area contributed by atoms with Crippen molar-refractivity contribution in [3.63, 3.8) is 0 Å². The Bertz CT molecular complexity index is 465. The van der Waals surface area contributed by atoms with Gasteiger partial charge in [-0.3, -0.25) is 4.72 Å². The molecule has 0 aliphatic rings. The fraction of sp³-hybridized carbons (Fsp3) is 0.333. The van der Waals surface area contributed by atoms with Crippen LogP contribution in [-0.2, 0) is 10.2 Å². The van der Waals surface area contributed by atoms with Gasteiger partial charge in [0.05, 0.1) is 5.69 Å². The summed E-state index contributed by atoms with van der Waals surface area (Å²) in [6.07, 6.45) is 0.700. The van der Waals surface area contributed by atoms with E-state index < -0.39 is 16.0 Å². The Morgan fingerprint density at radius 1 is 1.44 bits per heavy atom. The van der Waals surface area contributed by atoms with Gasteiger partial charge in [-0.05, 0) is 40.5 Å². The zero-order valence-electron chi connectivity index (χ0n) is 8.63. The summed E-state index contributed by atoms with van der Waals surface area (Å²) >= 11 is 3.07. The minimum Gasteiger partial charge on any atom is -0.270 e. The van der Waals surface area contributed by atoms with Crippen LogP contribution in [0.15, 0.2) is 22.7 Å². The first-order valence-corrected chi connectivity index (χ1v) is 6.94. The third-order valence-corrected chi connectivity index (χ3v) is 3.45. The summed E-state index contributed by atoms with van der Waals surface area (Å²) in [7, 11) is -3.58. The maximum Gasteiger partial charge on any atom is 0.299 e. The molecule has 1 aromatic carbocycles. The Morgan fingerprint density at radius 2 is 2.12 bits per heavy atom. The number of hydrogen-bond donors (Lipinski definition) is 2. The van der Waals surface area contributed by atoms with Gasteiger partial charge in [-0.25, -0.2) is 4.39 Å². The molecule has 0 bridgehead atoms. The molecule has 7 heteroatoms. The molecule has 0 fully saturated rings. The average molecular weight is 311 g/mol. The van der Waals surface area contributed by atoms with E-state index in [1.807, 2.05) is 6.92 Å². The fourth-order valence-electron chi connectivity index (χ4n) is 0.990. The summed E-state index contributed by atoms with van der Waals surface area (Å²) in [5, 5.41) is 0. The lowest BCUT2D eigenvalue weighted by atomic mass is 10.3. The zero-order valence-corrected chi connectivity index (χ0v) is 11.0. The largest absolute Gasteiger partial charge is 0.299 e. The third kappa shape index (κ3) is 4.07. The van der Waals surface area contributed by atoms with Gasteiger partial charge >= 0.3 is 0 Å². The Morgan fingerprint density at radius 3 is 2.69 bits per heavy atom. The predicted octanol–water partition coefficient (Wildman–Crippen LogP) is 2.24. The van der Waals surface area contributed by atoms with Gasteiger partial charge in [0.25, 0.3) is 10.2 Å². The minimum absolute atomic E-state index is 0.296. The maximum absolute atomic E-state index is 12.8. The number of benzene rings is 1. The van der Waals surface area contributed by atoms with Crippen LogP contribution in [-0.4, -0.2) is 15.0 Å². The van der Waals surface area contributed by atoms with E-state index in [1.165, 1.54) is 18.2 Å². The first-order valence-electron chi connectivity index (χ1n) is 4.67. The van der Waals surface area contributed by atoms with Crippen LogP contribution in [0.3, 0.4) is 0 Å². The van der Waals surface area contributed by atoms with E-state index in [-0.39, 0.29) is 0 Å². The van der Waals surface area contributed by atoms with E-state index in [1.54, 1.807) is 0 Å². The molecule has 1 rings (SSSR count). The lowest BCUT2D eigenvalue weighted by molar-refractivity contribution is 0.586. The lowest BCUT2D eigenvalue weighted by Crippen LogP contribution is -2.30.